The normalized spacial score (nSPS) is 23.3. The van der Waals surface area contributed by atoms with E-state index in [9.17, 15) is 20.2 Å². The highest BCUT2D eigenvalue weighted by Gasteiger charge is 2.39. The summed E-state index contributed by atoms with van der Waals surface area (Å²) < 4.78 is 4.66. The van der Waals surface area contributed by atoms with Gasteiger partial charge in [0.2, 0.25) is 5.09 Å². The van der Waals surface area contributed by atoms with Crippen LogP contribution in [0.2, 0.25) is 0 Å². The summed E-state index contributed by atoms with van der Waals surface area (Å²) in [6, 6.07) is 0. The lowest BCUT2D eigenvalue weighted by molar-refractivity contribution is -0.426. The number of nitrogens with zero attached hydrogens (tertiary/aromatic N) is 2. The van der Waals surface area contributed by atoms with Gasteiger partial charge in [0.15, 0.2) is 0 Å². The summed E-state index contributed by atoms with van der Waals surface area (Å²) in [5.41, 5.74) is -0.444. The Labute approximate surface area is 85.1 Å². The van der Waals surface area contributed by atoms with E-state index in [1.54, 1.807) is 0 Å². The van der Waals surface area contributed by atoms with Gasteiger partial charge in [-0.05, 0) is 10.1 Å². The molecule has 0 N–H and O–H groups in total. The largest absolute Gasteiger partial charge is 0.485 e. The van der Waals surface area contributed by atoms with E-state index in [-0.39, 0.29) is 10.1 Å². The zero-order valence-electron chi connectivity index (χ0n) is 6.84. The smallest absolute Gasteiger partial charge is 0.325 e. The number of hydrogen-bond donors (Lipinski definition) is 1. The number of nitro groups is 2. The number of hydrogen-bond acceptors (Lipinski definition) is 5. The number of thiol groups is 1. The number of allylic oxidation sites excluding steroid dienone is 1. The maximum absolute atomic E-state index is 10.4. The summed E-state index contributed by atoms with van der Waals surface area (Å²) in [4.78, 5) is 19.3. The number of methoxy groups -OCH3 is 1. The lowest BCUT2D eigenvalue weighted by atomic mass is 10.5. The first-order valence-electron chi connectivity index (χ1n) is 3.23. The summed E-state index contributed by atoms with van der Waals surface area (Å²) >= 11 is 0. The summed E-state index contributed by atoms with van der Waals surface area (Å²) in [5, 5.41) is 20.3. The topological polar surface area (TPSA) is 95.5 Å². The number of halogens is 1. The number of ether oxygens (including phenoxy) is 1. The van der Waals surface area contributed by atoms with Crippen molar-refractivity contribution in [2.75, 3.05) is 7.11 Å². The zero-order valence-corrected chi connectivity index (χ0v) is 8.49. The van der Waals surface area contributed by atoms with Crippen molar-refractivity contribution in [2.45, 2.75) is 0 Å². The van der Waals surface area contributed by atoms with Gasteiger partial charge in [0.25, 0.3) is 0 Å². The van der Waals surface area contributed by atoms with Crippen molar-refractivity contribution < 1.29 is 14.6 Å². The average Bonchev–Trinajstić information content (AvgIpc) is 2.42. The minimum absolute atomic E-state index is 0.140. The summed E-state index contributed by atoms with van der Waals surface area (Å²) in [6.45, 7) is 0. The third-order valence-electron chi connectivity index (χ3n) is 1.44. The van der Waals surface area contributed by atoms with Crippen LogP contribution < -0.4 is 0 Å². The predicted octanol–water partition coefficient (Wildman–Crippen LogP) is 1.37. The maximum Gasteiger partial charge on any atom is 0.325 e. The maximum atomic E-state index is 10.4. The predicted molar refractivity (Wildman–Crippen MR) is 50.9 cm³/mol. The lowest BCUT2D eigenvalue weighted by Gasteiger charge is -2.06. The Kier molecular flexibility index (Phi) is 2.96. The van der Waals surface area contributed by atoms with Crippen LogP contribution in [-0.4, -0.2) is 17.0 Å². The van der Waals surface area contributed by atoms with E-state index in [0.717, 1.165) is 6.08 Å². The Hall–Kier alpha value is -1.28. The molecule has 0 saturated carbocycles. The van der Waals surface area contributed by atoms with Crippen molar-refractivity contribution in [1.29, 1.82) is 0 Å². The molecule has 14 heavy (non-hydrogen) atoms. The van der Waals surface area contributed by atoms with Gasteiger partial charge >= 0.3 is 10.7 Å². The highest BCUT2D eigenvalue weighted by Crippen LogP contribution is 2.54. The van der Waals surface area contributed by atoms with Crippen LogP contribution >= 0.6 is 20.8 Å². The van der Waals surface area contributed by atoms with E-state index in [1.165, 1.54) is 7.11 Å². The van der Waals surface area contributed by atoms with Crippen molar-refractivity contribution in [3.05, 3.63) is 42.1 Å². The van der Waals surface area contributed by atoms with Crippen molar-refractivity contribution in [1.82, 2.24) is 0 Å². The quantitative estimate of drug-likeness (QED) is 0.457. The molecule has 1 aliphatic rings. The van der Waals surface area contributed by atoms with Gasteiger partial charge in [-0.2, -0.15) is 0 Å². The van der Waals surface area contributed by atoms with Gasteiger partial charge in [0.05, 0.1) is 17.0 Å². The Morgan fingerprint density at radius 1 is 1.43 bits per heavy atom. The Balaban J connectivity index is 3.13. The van der Waals surface area contributed by atoms with Gasteiger partial charge in [-0.3, -0.25) is 20.2 Å². The highest BCUT2D eigenvalue weighted by atomic mass is 35.7. The molecule has 1 rings (SSSR count). The van der Waals surface area contributed by atoms with Crippen LogP contribution in [-0.2, 0) is 4.74 Å². The first-order chi connectivity index (χ1) is 6.49. The van der Waals surface area contributed by atoms with Crippen LogP contribution in [0.4, 0.5) is 0 Å². The second-order valence-corrected chi connectivity index (χ2v) is 4.63. The first kappa shape index (κ1) is 10.8. The molecule has 0 spiro atoms. The number of rotatable bonds is 3. The van der Waals surface area contributed by atoms with Crippen molar-refractivity contribution in [2.24, 2.45) is 0 Å². The molecule has 1 atom stereocenters. The molecule has 0 radical (unpaired) electrons. The van der Waals surface area contributed by atoms with Crippen molar-refractivity contribution in [3.63, 3.8) is 0 Å². The van der Waals surface area contributed by atoms with E-state index >= 15 is 0 Å². The second kappa shape index (κ2) is 3.84. The summed E-state index contributed by atoms with van der Waals surface area (Å²) in [6.07, 6.45) is 0.831. The van der Waals surface area contributed by atoms with Crippen molar-refractivity contribution >= 4 is 20.8 Å². The van der Waals surface area contributed by atoms with Crippen LogP contribution in [0.3, 0.4) is 0 Å². The third kappa shape index (κ3) is 1.66. The van der Waals surface area contributed by atoms with Gasteiger partial charge in [0.1, 0.15) is 6.08 Å². The van der Waals surface area contributed by atoms with Gasteiger partial charge in [-0.25, -0.2) is 0 Å². The standard InChI is InChI=1S/C5H5ClN2O5S/c1-13-5-3(7(9)10)2-4(8(11)12)14(5)6/h2,14H,1H3. The zero-order chi connectivity index (χ0) is 10.9. The Bertz CT molecular complexity index is 365. The summed E-state index contributed by atoms with van der Waals surface area (Å²) in [5.74, 6) is 0. The van der Waals surface area contributed by atoms with Gasteiger partial charge in [-0.1, -0.05) is 10.7 Å². The van der Waals surface area contributed by atoms with Crippen LogP contribution in [0.1, 0.15) is 0 Å². The summed E-state index contributed by atoms with van der Waals surface area (Å²) in [7, 11) is 4.98. The second-order valence-electron chi connectivity index (χ2n) is 2.19. The average molecular weight is 241 g/mol. The highest BCUT2D eigenvalue weighted by molar-refractivity contribution is 8.41. The van der Waals surface area contributed by atoms with E-state index in [1.807, 2.05) is 0 Å². The fourth-order valence-corrected chi connectivity index (χ4v) is 2.78. The van der Waals surface area contributed by atoms with E-state index in [4.69, 9.17) is 10.7 Å². The monoisotopic (exact) mass is 240 g/mol. The molecule has 0 saturated heterocycles. The molecule has 0 amide bonds. The Morgan fingerprint density at radius 2 is 2.00 bits per heavy atom. The molecule has 0 fully saturated rings. The van der Waals surface area contributed by atoms with Gasteiger partial charge < -0.3 is 4.74 Å². The molecule has 0 aromatic heterocycles. The minimum atomic E-state index is -1.85. The van der Waals surface area contributed by atoms with E-state index in [0.29, 0.717) is 0 Å². The molecule has 0 aromatic rings. The molecule has 1 aliphatic heterocycles. The molecule has 0 aliphatic carbocycles. The molecule has 9 heteroatoms. The van der Waals surface area contributed by atoms with Crippen LogP contribution in [0.15, 0.2) is 21.9 Å². The fraction of sp³-hybridized carbons (Fsp3) is 0.200. The molecule has 7 nitrogen and oxygen atoms in total. The van der Waals surface area contributed by atoms with Gasteiger partial charge in [-0.15, -0.1) is 0 Å². The molecule has 78 valence electrons. The minimum Gasteiger partial charge on any atom is -0.485 e. The Morgan fingerprint density at radius 3 is 2.29 bits per heavy atom. The fourth-order valence-electron chi connectivity index (χ4n) is 0.885. The molecule has 0 aromatic carbocycles. The molecule has 1 heterocycles. The first-order valence-corrected chi connectivity index (χ1v) is 5.48. The van der Waals surface area contributed by atoms with E-state index in [2.05, 4.69) is 4.74 Å². The van der Waals surface area contributed by atoms with Crippen LogP contribution in [0.5, 0.6) is 0 Å². The van der Waals surface area contributed by atoms with Gasteiger partial charge in [0, 0.05) is 0 Å². The van der Waals surface area contributed by atoms with Crippen molar-refractivity contribution in [3.8, 4) is 0 Å². The van der Waals surface area contributed by atoms with Crippen LogP contribution in [0.25, 0.3) is 0 Å². The van der Waals surface area contributed by atoms with Crippen LogP contribution in [0, 0.1) is 20.2 Å². The molecule has 1 unspecified atom stereocenters. The lowest BCUT2D eigenvalue weighted by Crippen LogP contribution is -1.97. The third-order valence-corrected chi connectivity index (χ3v) is 3.88. The molecule has 0 bridgehead atoms. The molecular weight excluding hydrogens is 236 g/mol. The SMILES string of the molecule is COC1=C([N+](=O)[O-])C=C([N+](=O)[O-])[SH]1Cl. The van der Waals surface area contributed by atoms with E-state index < -0.39 is 25.7 Å². The molecular formula is C5H5ClN2O5S.